The molecule has 1 nitrogen and oxygen atoms in total. The van der Waals surface area contributed by atoms with Crippen molar-refractivity contribution < 1.29 is 0 Å². The molecular formula is C4H8ClN. The lowest BCUT2D eigenvalue weighted by molar-refractivity contribution is 0.193. The Bertz CT molecular complexity index is 47.5. The van der Waals surface area contributed by atoms with Gasteiger partial charge in [-0.25, -0.2) is 0 Å². The Labute approximate surface area is 42.9 Å². The Morgan fingerprint density at radius 1 is 1.83 bits per heavy atom. The topological polar surface area (TPSA) is 3.24 Å². The lowest BCUT2D eigenvalue weighted by atomic mass is 10.2. The van der Waals surface area contributed by atoms with E-state index in [9.17, 15) is 0 Å². The molecule has 0 N–H and O–H groups in total. The first kappa shape index (κ1) is 4.41. The third-order valence-corrected chi connectivity index (χ3v) is 1.75. The van der Waals surface area contributed by atoms with E-state index >= 15 is 0 Å². The highest BCUT2D eigenvalue weighted by atomic mass is 35.5. The van der Waals surface area contributed by atoms with Gasteiger partial charge in [0.05, 0.1) is 5.50 Å². The molecule has 0 spiro atoms. The number of alkyl halides is 1. The predicted octanol–water partition coefficient (Wildman–Crippen LogP) is 0.887. The molecule has 0 aromatic rings. The van der Waals surface area contributed by atoms with Crippen LogP contribution in [0.2, 0.25) is 0 Å². The van der Waals surface area contributed by atoms with E-state index in [1.165, 1.54) is 6.54 Å². The minimum atomic E-state index is 0.338. The summed E-state index contributed by atoms with van der Waals surface area (Å²) in [6.07, 6.45) is 1.16. The van der Waals surface area contributed by atoms with Crippen LogP contribution in [0.4, 0.5) is 0 Å². The van der Waals surface area contributed by atoms with Crippen molar-refractivity contribution in [3.8, 4) is 0 Å². The molecule has 1 atom stereocenters. The molecule has 0 aromatic carbocycles. The summed E-state index contributed by atoms with van der Waals surface area (Å²) in [7, 11) is 2.03. The zero-order valence-electron chi connectivity index (χ0n) is 3.82. The zero-order valence-corrected chi connectivity index (χ0v) is 4.57. The molecule has 1 aliphatic heterocycles. The number of hydrogen-bond acceptors (Lipinski definition) is 1. The second kappa shape index (κ2) is 1.39. The van der Waals surface area contributed by atoms with Crippen LogP contribution in [0.1, 0.15) is 6.42 Å². The van der Waals surface area contributed by atoms with Gasteiger partial charge in [0.15, 0.2) is 0 Å². The van der Waals surface area contributed by atoms with Gasteiger partial charge in [-0.1, -0.05) is 0 Å². The van der Waals surface area contributed by atoms with Crippen LogP contribution in [0.3, 0.4) is 0 Å². The van der Waals surface area contributed by atoms with Crippen LogP contribution in [0, 0.1) is 0 Å². The standard InChI is InChI=1S/C4H8ClN/c1-6-3-2-4(6)5/h4H,2-3H2,1H3. The molecule has 1 aliphatic rings. The van der Waals surface area contributed by atoms with E-state index in [1.807, 2.05) is 7.05 Å². The third-order valence-electron chi connectivity index (χ3n) is 1.20. The molecule has 0 radical (unpaired) electrons. The summed E-state index contributed by atoms with van der Waals surface area (Å²) < 4.78 is 0. The van der Waals surface area contributed by atoms with E-state index in [2.05, 4.69) is 4.90 Å². The van der Waals surface area contributed by atoms with E-state index in [0.717, 1.165) is 6.42 Å². The Kier molecular flexibility index (Phi) is 1.02. The SMILES string of the molecule is CN1CCC1Cl. The van der Waals surface area contributed by atoms with Crippen molar-refractivity contribution in [3.63, 3.8) is 0 Å². The van der Waals surface area contributed by atoms with E-state index in [1.54, 1.807) is 0 Å². The van der Waals surface area contributed by atoms with Crippen molar-refractivity contribution in [2.75, 3.05) is 13.6 Å². The Morgan fingerprint density at radius 2 is 2.33 bits per heavy atom. The summed E-state index contributed by atoms with van der Waals surface area (Å²) in [4.78, 5) is 2.11. The van der Waals surface area contributed by atoms with Crippen molar-refractivity contribution in [1.29, 1.82) is 0 Å². The van der Waals surface area contributed by atoms with Gasteiger partial charge in [0.25, 0.3) is 0 Å². The zero-order chi connectivity index (χ0) is 4.57. The van der Waals surface area contributed by atoms with E-state index < -0.39 is 0 Å². The fraction of sp³-hybridized carbons (Fsp3) is 1.00. The fourth-order valence-electron chi connectivity index (χ4n) is 0.485. The molecule has 1 rings (SSSR count). The van der Waals surface area contributed by atoms with Crippen LogP contribution in [0.25, 0.3) is 0 Å². The predicted molar refractivity (Wildman–Crippen MR) is 26.9 cm³/mol. The van der Waals surface area contributed by atoms with Gasteiger partial charge in [-0.2, -0.15) is 0 Å². The van der Waals surface area contributed by atoms with Gasteiger partial charge in [-0.3, -0.25) is 4.90 Å². The highest BCUT2D eigenvalue weighted by Crippen LogP contribution is 2.16. The van der Waals surface area contributed by atoms with Gasteiger partial charge >= 0.3 is 0 Å². The highest BCUT2D eigenvalue weighted by molar-refractivity contribution is 6.20. The molecule has 0 bridgehead atoms. The van der Waals surface area contributed by atoms with E-state index in [4.69, 9.17) is 11.6 Å². The summed E-state index contributed by atoms with van der Waals surface area (Å²) in [5, 5.41) is 0. The van der Waals surface area contributed by atoms with Crippen LogP contribution in [-0.2, 0) is 0 Å². The van der Waals surface area contributed by atoms with Crippen LogP contribution >= 0.6 is 11.6 Å². The molecule has 1 heterocycles. The van der Waals surface area contributed by atoms with Crippen molar-refractivity contribution in [3.05, 3.63) is 0 Å². The average molecular weight is 106 g/mol. The summed E-state index contributed by atoms with van der Waals surface area (Å²) in [6.45, 7) is 1.17. The van der Waals surface area contributed by atoms with Crippen molar-refractivity contribution in [2.24, 2.45) is 0 Å². The summed E-state index contributed by atoms with van der Waals surface area (Å²) in [5.74, 6) is 0. The van der Waals surface area contributed by atoms with Crippen molar-refractivity contribution in [1.82, 2.24) is 4.90 Å². The quantitative estimate of drug-likeness (QED) is 0.327. The van der Waals surface area contributed by atoms with Crippen LogP contribution in [0.15, 0.2) is 0 Å². The van der Waals surface area contributed by atoms with Crippen LogP contribution in [0.5, 0.6) is 0 Å². The summed E-state index contributed by atoms with van der Waals surface area (Å²) >= 11 is 5.63. The summed E-state index contributed by atoms with van der Waals surface area (Å²) in [6, 6.07) is 0. The molecule has 36 valence electrons. The molecule has 1 saturated heterocycles. The first-order valence-corrected chi connectivity index (χ1v) is 2.58. The number of nitrogens with zero attached hydrogens (tertiary/aromatic N) is 1. The lowest BCUT2D eigenvalue weighted by Gasteiger charge is -2.32. The third kappa shape index (κ3) is 0.525. The van der Waals surface area contributed by atoms with Gasteiger partial charge < -0.3 is 0 Å². The molecule has 6 heavy (non-hydrogen) atoms. The van der Waals surface area contributed by atoms with Gasteiger partial charge in [0.2, 0.25) is 0 Å². The normalized spacial score (nSPS) is 36.0. The first-order chi connectivity index (χ1) is 2.80. The molecule has 2 heteroatoms. The van der Waals surface area contributed by atoms with Gasteiger partial charge in [-0.15, -0.1) is 11.6 Å². The van der Waals surface area contributed by atoms with Gasteiger partial charge in [0, 0.05) is 6.54 Å². The maximum atomic E-state index is 5.63. The molecule has 0 saturated carbocycles. The Morgan fingerprint density at radius 3 is 2.33 bits per heavy atom. The average Bonchev–Trinajstić information content (AvgIpc) is 1.61. The number of rotatable bonds is 0. The van der Waals surface area contributed by atoms with E-state index in [-0.39, 0.29) is 0 Å². The van der Waals surface area contributed by atoms with E-state index in [0.29, 0.717) is 5.50 Å². The number of likely N-dealkylation sites (tertiary alicyclic amines) is 1. The second-order valence-corrected chi connectivity index (χ2v) is 2.21. The molecule has 1 fully saturated rings. The maximum Gasteiger partial charge on any atom is 0.0860 e. The molecule has 0 amide bonds. The molecule has 0 aromatic heterocycles. The maximum absolute atomic E-state index is 5.63. The highest BCUT2D eigenvalue weighted by Gasteiger charge is 2.19. The van der Waals surface area contributed by atoms with Crippen LogP contribution in [-0.4, -0.2) is 24.0 Å². The Balaban J connectivity index is 2.20. The lowest BCUT2D eigenvalue weighted by Crippen LogP contribution is -2.40. The van der Waals surface area contributed by atoms with Crippen LogP contribution < -0.4 is 0 Å². The Hall–Kier alpha value is 0.250. The molecule has 0 aliphatic carbocycles. The van der Waals surface area contributed by atoms with Crippen molar-refractivity contribution >= 4 is 11.6 Å². The molecule has 1 unspecified atom stereocenters. The smallest absolute Gasteiger partial charge is 0.0860 e. The molecular weight excluding hydrogens is 97.5 g/mol. The van der Waals surface area contributed by atoms with Gasteiger partial charge in [0.1, 0.15) is 0 Å². The monoisotopic (exact) mass is 105 g/mol. The second-order valence-electron chi connectivity index (χ2n) is 1.70. The minimum absolute atomic E-state index is 0.338. The fourth-order valence-corrected chi connectivity index (χ4v) is 0.680. The minimum Gasteiger partial charge on any atom is -0.290 e. The first-order valence-electron chi connectivity index (χ1n) is 2.15. The number of halogens is 1. The summed E-state index contributed by atoms with van der Waals surface area (Å²) in [5.41, 5.74) is 0.338. The van der Waals surface area contributed by atoms with Gasteiger partial charge in [-0.05, 0) is 13.5 Å². The van der Waals surface area contributed by atoms with Crippen molar-refractivity contribution in [2.45, 2.75) is 11.9 Å². The largest absolute Gasteiger partial charge is 0.290 e. The number of hydrogen-bond donors (Lipinski definition) is 0.